The lowest BCUT2D eigenvalue weighted by molar-refractivity contribution is 0.311. The van der Waals surface area contributed by atoms with Crippen LogP contribution in [0, 0.1) is 28.5 Å². The molecule has 0 saturated heterocycles. The van der Waals surface area contributed by atoms with Crippen molar-refractivity contribution >= 4 is 45.6 Å². The van der Waals surface area contributed by atoms with E-state index in [0.29, 0.717) is 45.1 Å². The van der Waals surface area contributed by atoms with Crippen molar-refractivity contribution in [2.75, 3.05) is 29.5 Å². The third-order valence-corrected chi connectivity index (χ3v) is 6.71. The van der Waals surface area contributed by atoms with Gasteiger partial charge in [0.2, 0.25) is 0 Å². The smallest absolute Gasteiger partial charge is 0.187 e. The number of hydrogen-bond donors (Lipinski definition) is 4. The van der Waals surface area contributed by atoms with E-state index in [1.807, 2.05) is 5.38 Å². The van der Waals surface area contributed by atoms with Gasteiger partial charge in [0.1, 0.15) is 40.2 Å². The fraction of sp³-hybridized carbons (Fsp3) is 0.125. The average Bonchev–Trinajstić information content (AvgIpc) is 3.34. The summed E-state index contributed by atoms with van der Waals surface area (Å²) >= 11 is 2.68. The molecule has 0 bridgehead atoms. The number of anilines is 4. The van der Waals surface area contributed by atoms with E-state index in [0.717, 1.165) is 5.69 Å². The minimum Gasteiger partial charge on any atom is -0.395 e. The van der Waals surface area contributed by atoms with E-state index in [9.17, 15) is 14.9 Å². The molecule has 3 aromatic heterocycles. The number of benzene rings is 1. The number of nitrogens with two attached hydrogens (primary N) is 1. The second-order valence-corrected chi connectivity index (χ2v) is 9.12. The van der Waals surface area contributed by atoms with Crippen LogP contribution in [0.15, 0.2) is 53.0 Å². The van der Waals surface area contributed by atoms with Gasteiger partial charge in [-0.3, -0.25) is 0 Å². The SMILES string of the molecule is N#Cc1c(N)nc(SCc2csc(Nc3ccc(F)cc3)n2)c(C#N)c1-c1ccc(NCCO)nc1. The summed E-state index contributed by atoms with van der Waals surface area (Å²) in [4.78, 5) is 13.1. The first-order valence-electron chi connectivity index (χ1n) is 10.6. The Labute approximate surface area is 214 Å². The minimum atomic E-state index is -0.316. The molecule has 0 fully saturated rings. The van der Waals surface area contributed by atoms with Crippen molar-refractivity contribution in [3.63, 3.8) is 0 Å². The standard InChI is InChI=1S/C24H19FN8OS2/c25-15-2-4-16(5-3-15)31-24-32-17(13-36-24)12-35-23-19(10-27)21(18(9-26)22(28)33-23)14-1-6-20(30-11-14)29-7-8-34/h1-6,11,13,34H,7-8,12H2,(H2,28,33)(H,29,30)(H,31,32). The lowest BCUT2D eigenvalue weighted by Crippen LogP contribution is -2.07. The molecule has 3 heterocycles. The second-order valence-electron chi connectivity index (χ2n) is 7.30. The molecule has 180 valence electrons. The molecule has 4 aromatic rings. The van der Waals surface area contributed by atoms with E-state index in [4.69, 9.17) is 10.8 Å². The molecule has 4 rings (SSSR count). The summed E-state index contributed by atoms with van der Waals surface area (Å²) in [5.74, 6) is 0.670. The second kappa shape index (κ2) is 11.5. The van der Waals surface area contributed by atoms with E-state index >= 15 is 0 Å². The molecule has 0 aliphatic carbocycles. The lowest BCUT2D eigenvalue weighted by Gasteiger charge is -2.13. The van der Waals surface area contributed by atoms with Gasteiger partial charge in [0.15, 0.2) is 5.13 Å². The molecule has 0 unspecified atom stereocenters. The third-order valence-electron chi connectivity index (χ3n) is 4.89. The van der Waals surface area contributed by atoms with Crippen molar-refractivity contribution in [2.24, 2.45) is 0 Å². The number of hydrogen-bond acceptors (Lipinski definition) is 11. The summed E-state index contributed by atoms with van der Waals surface area (Å²) in [6, 6.07) is 13.6. The van der Waals surface area contributed by atoms with Gasteiger partial charge in [0.05, 0.1) is 17.9 Å². The fourth-order valence-corrected chi connectivity index (χ4v) is 4.97. The van der Waals surface area contributed by atoms with E-state index in [2.05, 4.69) is 37.7 Å². The summed E-state index contributed by atoms with van der Waals surface area (Å²) in [5, 5.41) is 37.6. The van der Waals surface area contributed by atoms with Crippen LogP contribution in [0.5, 0.6) is 0 Å². The molecule has 0 amide bonds. The van der Waals surface area contributed by atoms with Crippen LogP contribution in [0.4, 0.5) is 26.8 Å². The Balaban J connectivity index is 1.57. The van der Waals surface area contributed by atoms with Crippen molar-refractivity contribution in [2.45, 2.75) is 10.8 Å². The molecule has 9 nitrogen and oxygen atoms in total. The highest BCUT2D eigenvalue weighted by molar-refractivity contribution is 7.98. The topological polar surface area (TPSA) is 157 Å². The van der Waals surface area contributed by atoms with Crippen molar-refractivity contribution in [1.82, 2.24) is 15.0 Å². The van der Waals surface area contributed by atoms with Crippen molar-refractivity contribution in [3.05, 3.63) is 70.6 Å². The van der Waals surface area contributed by atoms with Gasteiger partial charge >= 0.3 is 0 Å². The largest absolute Gasteiger partial charge is 0.395 e. The number of nitrogen functional groups attached to an aromatic ring is 1. The number of pyridine rings is 2. The molecule has 1 aromatic carbocycles. The zero-order chi connectivity index (χ0) is 25.5. The van der Waals surface area contributed by atoms with Crippen molar-refractivity contribution in [3.8, 4) is 23.3 Å². The maximum Gasteiger partial charge on any atom is 0.187 e. The van der Waals surface area contributed by atoms with Gasteiger partial charge in [-0.1, -0.05) is 11.8 Å². The Morgan fingerprint density at radius 1 is 1.08 bits per heavy atom. The van der Waals surface area contributed by atoms with Gasteiger partial charge in [-0.15, -0.1) is 11.3 Å². The average molecular weight is 519 g/mol. The molecule has 5 N–H and O–H groups in total. The number of nitrogens with zero attached hydrogens (tertiary/aromatic N) is 5. The molecular weight excluding hydrogens is 499 g/mol. The Morgan fingerprint density at radius 3 is 2.53 bits per heavy atom. The molecule has 0 radical (unpaired) electrons. The first kappa shape index (κ1) is 24.9. The van der Waals surface area contributed by atoms with Crippen molar-refractivity contribution < 1.29 is 9.50 Å². The summed E-state index contributed by atoms with van der Waals surface area (Å²) in [7, 11) is 0. The van der Waals surface area contributed by atoms with Crippen LogP contribution in [-0.4, -0.2) is 33.2 Å². The van der Waals surface area contributed by atoms with Gasteiger partial charge in [0, 0.05) is 40.7 Å². The Morgan fingerprint density at radius 2 is 1.86 bits per heavy atom. The number of rotatable bonds is 9. The molecule has 36 heavy (non-hydrogen) atoms. The zero-order valence-corrected chi connectivity index (χ0v) is 20.3. The highest BCUT2D eigenvalue weighted by Gasteiger charge is 2.21. The van der Waals surface area contributed by atoms with Crippen LogP contribution in [-0.2, 0) is 5.75 Å². The van der Waals surface area contributed by atoms with Crippen LogP contribution in [0.25, 0.3) is 11.1 Å². The number of aromatic nitrogens is 3. The summed E-state index contributed by atoms with van der Waals surface area (Å²) in [6.45, 7) is 0.310. The van der Waals surface area contributed by atoms with E-state index in [1.165, 1.54) is 35.2 Å². The number of halogens is 1. The lowest BCUT2D eigenvalue weighted by atomic mass is 9.98. The molecule has 12 heteroatoms. The zero-order valence-electron chi connectivity index (χ0n) is 18.7. The Bertz CT molecular complexity index is 1440. The highest BCUT2D eigenvalue weighted by Crippen LogP contribution is 2.37. The van der Waals surface area contributed by atoms with Crippen LogP contribution in [0.1, 0.15) is 16.8 Å². The monoisotopic (exact) mass is 518 g/mol. The number of thiazole rings is 1. The maximum atomic E-state index is 13.1. The predicted octanol–water partition coefficient (Wildman–Crippen LogP) is 4.50. The van der Waals surface area contributed by atoms with Crippen molar-refractivity contribution in [1.29, 1.82) is 10.5 Å². The van der Waals surface area contributed by atoms with Gasteiger partial charge in [-0.2, -0.15) is 10.5 Å². The van der Waals surface area contributed by atoms with Gasteiger partial charge < -0.3 is 21.5 Å². The first-order valence-corrected chi connectivity index (χ1v) is 12.4. The van der Waals surface area contributed by atoms with Crippen LogP contribution in [0.2, 0.25) is 0 Å². The van der Waals surface area contributed by atoms with E-state index < -0.39 is 0 Å². The van der Waals surface area contributed by atoms with Crippen LogP contribution in [0.3, 0.4) is 0 Å². The normalized spacial score (nSPS) is 10.4. The highest BCUT2D eigenvalue weighted by atomic mass is 32.2. The Hall–Kier alpha value is -4.23. The predicted molar refractivity (Wildman–Crippen MR) is 138 cm³/mol. The number of aliphatic hydroxyl groups is 1. The molecule has 0 saturated carbocycles. The van der Waals surface area contributed by atoms with Gasteiger partial charge in [-0.25, -0.2) is 19.3 Å². The number of nitriles is 2. The van der Waals surface area contributed by atoms with Gasteiger partial charge in [-0.05, 0) is 36.4 Å². The summed E-state index contributed by atoms with van der Waals surface area (Å²) < 4.78 is 13.1. The van der Waals surface area contributed by atoms with Gasteiger partial charge in [0.25, 0.3) is 0 Å². The summed E-state index contributed by atoms with van der Waals surface area (Å²) in [5.41, 5.74) is 8.81. The maximum absolute atomic E-state index is 13.1. The third kappa shape index (κ3) is 5.70. The quantitative estimate of drug-likeness (QED) is 0.232. The molecule has 0 atom stereocenters. The van der Waals surface area contributed by atoms with E-state index in [-0.39, 0.29) is 29.4 Å². The van der Waals surface area contributed by atoms with Crippen LogP contribution < -0.4 is 16.4 Å². The first-order chi connectivity index (χ1) is 17.5. The molecule has 0 aliphatic heterocycles. The van der Waals surface area contributed by atoms with Crippen LogP contribution >= 0.6 is 23.1 Å². The molecule has 0 aliphatic rings. The summed E-state index contributed by atoms with van der Waals surface area (Å²) in [6.07, 6.45) is 1.54. The number of thioether (sulfide) groups is 1. The molecule has 0 spiro atoms. The number of nitrogens with one attached hydrogen (secondary N) is 2. The minimum absolute atomic E-state index is 0.0217. The molecular formula is C24H19FN8OS2. The fourth-order valence-electron chi connectivity index (χ4n) is 3.25. The number of aliphatic hydroxyl groups excluding tert-OH is 1. The Kier molecular flexibility index (Phi) is 7.92. The van der Waals surface area contributed by atoms with E-state index in [1.54, 1.807) is 30.5 Å².